The normalized spacial score (nSPS) is 18.9. The van der Waals surface area contributed by atoms with Crippen molar-refractivity contribution >= 4 is 54.3 Å². The van der Waals surface area contributed by atoms with Crippen LogP contribution < -0.4 is 0 Å². The van der Waals surface area contributed by atoms with Crippen LogP contribution in [0.5, 0.6) is 0 Å². The third kappa shape index (κ3) is 3.79. The van der Waals surface area contributed by atoms with Gasteiger partial charge in [0.15, 0.2) is 0 Å². The van der Waals surface area contributed by atoms with Crippen LogP contribution in [-0.2, 0) is 0 Å². The second-order valence-corrected chi connectivity index (χ2v) is 9.57. The smallest absolute Gasteiger partial charge is 0.135 e. The largest absolute Gasteiger partial charge is 0.456 e. The average molecular weight is 569 g/mol. The van der Waals surface area contributed by atoms with Gasteiger partial charge in [0.25, 0.3) is 0 Å². The Balaban J connectivity index is 1.50. The number of hydrogen-bond donors (Lipinski definition) is 0. The molecule has 1 aromatic heterocycles. The van der Waals surface area contributed by atoms with Crippen molar-refractivity contribution in [1.82, 2.24) is 0 Å². The fourth-order valence-electron chi connectivity index (χ4n) is 5.35. The molecule has 1 heterocycles. The van der Waals surface area contributed by atoms with Gasteiger partial charge in [0.1, 0.15) is 11.2 Å². The quantitative estimate of drug-likeness (QED) is 0.193. The summed E-state index contributed by atoms with van der Waals surface area (Å²) in [6.07, 6.45) is 0. The van der Waals surface area contributed by atoms with E-state index < -0.39 is 166 Å². The molecule has 0 unspecified atom stereocenters. The molecule has 9 rings (SSSR count). The highest BCUT2D eigenvalue weighted by atomic mass is 16.3. The summed E-state index contributed by atoms with van der Waals surface area (Å²) in [5.41, 5.74) is -3.19. The van der Waals surface area contributed by atoms with E-state index in [0.29, 0.717) is 0 Å². The highest BCUT2D eigenvalue weighted by Gasteiger charge is 2.18. The monoisotopic (exact) mass is 568 g/mol. The fraction of sp³-hybridized carbons (Fsp3) is 0. The molecule has 0 aliphatic rings. The van der Waals surface area contributed by atoms with Crippen LogP contribution in [0.2, 0.25) is 0 Å². The minimum atomic E-state index is -0.856. The van der Waals surface area contributed by atoms with Gasteiger partial charge < -0.3 is 4.42 Å². The lowest BCUT2D eigenvalue weighted by atomic mass is 9.85. The van der Waals surface area contributed by atoms with Crippen molar-refractivity contribution in [3.05, 3.63) is 157 Å². The highest BCUT2D eigenvalue weighted by molar-refractivity contribution is 6.22. The summed E-state index contributed by atoms with van der Waals surface area (Å²) in [4.78, 5) is 0. The van der Waals surface area contributed by atoms with Gasteiger partial charge in [-0.2, -0.15) is 0 Å². The predicted molar refractivity (Wildman–Crippen MR) is 183 cm³/mol. The molecule has 0 saturated heterocycles. The molecule has 0 bridgehead atoms. The standard InChI is InChI=1S/C42H26O/c1-2-11-28-24-30(21-20-27(28)10-1)29-12-9-13-31(25-29)41-34-15-3-5-17-36(34)42(37-18-6-4-16-35(37)41)32-22-23-40-38(26-32)33-14-7-8-19-39(33)43-40/h1-26H/i1D,2D,3D,4D,5D,6D,7D,8D,9D,10D,11D,12D,13D,14D,19D,20D,21D,22D,23D,24D,25D,26D. The fourth-order valence-corrected chi connectivity index (χ4v) is 5.35. The average Bonchev–Trinajstić information content (AvgIpc) is 3.68. The molecule has 1 nitrogen and oxygen atoms in total. The van der Waals surface area contributed by atoms with Gasteiger partial charge in [0.2, 0.25) is 0 Å². The summed E-state index contributed by atoms with van der Waals surface area (Å²) < 4.78 is 200. The first-order valence-electron chi connectivity index (χ1n) is 24.0. The second kappa shape index (κ2) is 9.44. The van der Waals surface area contributed by atoms with E-state index in [1.807, 2.05) is 0 Å². The van der Waals surface area contributed by atoms with E-state index in [2.05, 4.69) is 0 Å². The highest BCUT2D eigenvalue weighted by Crippen LogP contribution is 2.45. The summed E-state index contributed by atoms with van der Waals surface area (Å²) >= 11 is 0. The van der Waals surface area contributed by atoms with Crippen LogP contribution in [0.15, 0.2) is 162 Å². The number of rotatable bonds is 3. The molecule has 0 aliphatic heterocycles. The van der Waals surface area contributed by atoms with Gasteiger partial charge in [-0.25, -0.2) is 0 Å². The zero-order valence-electron chi connectivity index (χ0n) is 43.7. The molecule has 0 aliphatic carbocycles. The summed E-state index contributed by atoms with van der Waals surface area (Å²) in [6.45, 7) is 0. The first-order valence-corrected chi connectivity index (χ1v) is 13.0. The van der Waals surface area contributed by atoms with Crippen molar-refractivity contribution in [2.45, 2.75) is 0 Å². The molecule has 43 heavy (non-hydrogen) atoms. The minimum absolute atomic E-state index is 0.0691. The molecule has 0 radical (unpaired) electrons. The van der Waals surface area contributed by atoms with E-state index in [-0.39, 0.29) is 54.6 Å². The van der Waals surface area contributed by atoms with Crippen LogP contribution in [-0.4, -0.2) is 0 Å². The van der Waals surface area contributed by atoms with Gasteiger partial charge in [-0.1, -0.05) is 127 Å². The molecule has 0 saturated carbocycles. The van der Waals surface area contributed by atoms with Crippen molar-refractivity contribution in [3.63, 3.8) is 0 Å². The first kappa shape index (κ1) is 10.9. The zero-order valence-corrected chi connectivity index (χ0v) is 21.7. The first-order chi connectivity index (χ1) is 30.5. The van der Waals surface area contributed by atoms with E-state index in [1.165, 1.54) is 12.1 Å². The Hall–Kier alpha value is -5.66. The molecule has 200 valence electrons. The zero-order chi connectivity index (χ0) is 47.5. The van der Waals surface area contributed by atoms with E-state index in [4.69, 9.17) is 27.7 Å². The van der Waals surface area contributed by atoms with Crippen molar-refractivity contribution < 1.29 is 34.6 Å². The van der Waals surface area contributed by atoms with Gasteiger partial charge >= 0.3 is 0 Å². The molecule has 0 fully saturated rings. The van der Waals surface area contributed by atoms with Crippen LogP contribution in [0.25, 0.3) is 87.6 Å². The molecular weight excluding hydrogens is 520 g/mol. The molecular formula is C42H26O. The number of benzene rings is 8. The minimum Gasteiger partial charge on any atom is -0.456 e. The van der Waals surface area contributed by atoms with E-state index in [9.17, 15) is 6.85 Å². The summed E-state index contributed by atoms with van der Waals surface area (Å²) in [5.74, 6) is 0. The van der Waals surface area contributed by atoms with Crippen molar-refractivity contribution in [2.75, 3.05) is 0 Å². The molecule has 0 amide bonds. The lowest BCUT2D eigenvalue weighted by molar-refractivity contribution is 0.669. The maximum atomic E-state index is 9.69. The van der Waals surface area contributed by atoms with Gasteiger partial charge in [0, 0.05) is 10.8 Å². The topological polar surface area (TPSA) is 13.1 Å². The Morgan fingerprint density at radius 1 is 0.349 bits per heavy atom. The number of hydrogen-bond acceptors (Lipinski definition) is 1. The lowest BCUT2D eigenvalue weighted by Gasteiger charge is -2.18. The molecule has 0 N–H and O–H groups in total. The SMILES string of the molecule is [2H]c1cc2c(-c3c([2H])c([2H])c([2H])c(-c4c([2H])c([2H])c5c([2H])c([2H])c([2H])c([2H])c5c4[2H])c3[2H])c3cc([2H])c([2H])cc3c(-c3c([2H])c([2H])c4oc5c([2H])c([2H])c([2H])c([2H])c5c4c3[2H])c2cc1[2H]. The lowest BCUT2D eigenvalue weighted by Crippen LogP contribution is -1.91. The van der Waals surface area contributed by atoms with Gasteiger partial charge in [-0.05, 0) is 95.9 Å². The molecule has 1 heteroatoms. The van der Waals surface area contributed by atoms with E-state index >= 15 is 0 Å². The van der Waals surface area contributed by atoms with Gasteiger partial charge in [-0.3, -0.25) is 0 Å². The van der Waals surface area contributed by atoms with Crippen molar-refractivity contribution in [1.29, 1.82) is 0 Å². The summed E-state index contributed by atoms with van der Waals surface area (Å²) in [5, 5.41) is -1.80. The Morgan fingerprint density at radius 2 is 0.907 bits per heavy atom. The predicted octanol–water partition coefficient (Wildman–Crippen LogP) is 12.0. The van der Waals surface area contributed by atoms with Gasteiger partial charge in [-0.15, -0.1) is 0 Å². The third-order valence-electron chi connectivity index (χ3n) is 7.20. The van der Waals surface area contributed by atoms with Crippen LogP contribution in [0.4, 0.5) is 0 Å². The van der Waals surface area contributed by atoms with Crippen LogP contribution in [0.1, 0.15) is 30.2 Å². The molecule has 0 atom stereocenters. The number of furan rings is 1. The summed E-state index contributed by atoms with van der Waals surface area (Å²) in [6, 6.07) is -9.95. The Morgan fingerprint density at radius 3 is 1.65 bits per heavy atom. The van der Waals surface area contributed by atoms with E-state index in [0.717, 1.165) is 12.1 Å². The van der Waals surface area contributed by atoms with Gasteiger partial charge in [0.05, 0.1) is 30.2 Å². The Kier molecular flexibility index (Phi) is 2.39. The Bertz CT molecular complexity index is 3670. The van der Waals surface area contributed by atoms with E-state index in [1.54, 1.807) is 0 Å². The van der Waals surface area contributed by atoms with Crippen molar-refractivity contribution in [2.24, 2.45) is 0 Å². The second-order valence-electron chi connectivity index (χ2n) is 9.57. The maximum Gasteiger partial charge on any atom is 0.135 e. The molecule has 8 aromatic carbocycles. The number of fused-ring (bicyclic) bond motifs is 6. The third-order valence-corrected chi connectivity index (χ3v) is 7.20. The van der Waals surface area contributed by atoms with Crippen LogP contribution in [0.3, 0.4) is 0 Å². The molecule has 0 spiro atoms. The van der Waals surface area contributed by atoms with Crippen LogP contribution >= 0.6 is 0 Å². The summed E-state index contributed by atoms with van der Waals surface area (Å²) in [7, 11) is 0. The maximum absolute atomic E-state index is 9.69. The van der Waals surface area contributed by atoms with Crippen LogP contribution in [0, 0.1) is 0 Å². The number of para-hydroxylation sites is 1. The van der Waals surface area contributed by atoms with Crippen molar-refractivity contribution in [3.8, 4) is 33.4 Å². The molecule has 9 aromatic rings. The Labute approximate surface area is 280 Å².